The van der Waals surface area contributed by atoms with E-state index in [-0.39, 0.29) is 6.42 Å². The maximum Gasteiger partial charge on any atom is 0.408 e. The summed E-state index contributed by atoms with van der Waals surface area (Å²) in [5.74, 6) is 0. The molecule has 0 bridgehead atoms. The third-order valence-corrected chi connectivity index (χ3v) is 2.49. The number of rotatable bonds is 0. The molecular weight excluding hydrogens is 179 g/mol. The summed E-state index contributed by atoms with van der Waals surface area (Å²) >= 11 is 5.41. The molecule has 1 saturated carbocycles. The lowest BCUT2D eigenvalue weighted by molar-refractivity contribution is -0.171. The van der Waals surface area contributed by atoms with E-state index < -0.39 is 16.5 Å². The fourth-order valence-electron chi connectivity index (χ4n) is 1.07. The van der Waals surface area contributed by atoms with Gasteiger partial charge in [0.1, 0.15) is 0 Å². The zero-order chi connectivity index (χ0) is 8.91. The van der Waals surface area contributed by atoms with Gasteiger partial charge < -0.3 is 0 Å². The van der Waals surface area contributed by atoms with E-state index in [1.807, 2.05) is 0 Å². The van der Waals surface area contributed by atoms with Crippen molar-refractivity contribution in [1.29, 1.82) is 5.26 Å². The zero-order valence-electron chi connectivity index (χ0n) is 5.67. The Bertz CT molecular complexity index is 227. The smallest absolute Gasteiger partial charge is 0.197 e. The van der Waals surface area contributed by atoms with Gasteiger partial charge >= 0.3 is 6.18 Å². The summed E-state index contributed by atoms with van der Waals surface area (Å²) in [6, 6.07) is 1.23. The molecule has 0 heterocycles. The molecular formula is C6H5ClF3N. The van der Waals surface area contributed by atoms with Crippen LogP contribution in [0.5, 0.6) is 0 Å². The normalized spacial score (nSPS) is 43.3. The van der Waals surface area contributed by atoms with Crippen molar-refractivity contribution < 1.29 is 13.2 Å². The molecule has 0 amide bonds. The second-order valence-corrected chi connectivity index (χ2v) is 3.72. The van der Waals surface area contributed by atoms with Crippen LogP contribution in [0.2, 0.25) is 0 Å². The van der Waals surface area contributed by atoms with E-state index in [2.05, 4.69) is 0 Å². The zero-order valence-corrected chi connectivity index (χ0v) is 6.42. The molecule has 0 N–H and O–H groups in total. The Morgan fingerprint density at radius 2 is 1.91 bits per heavy atom. The van der Waals surface area contributed by atoms with Crippen LogP contribution in [0.25, 0.3) is 0 Å². The van der Waals surface area contributed by atoms with Crippen LogP contribution in [0.3, 0.4) is 0 Å². The predicted octanol–water partition coefficient (Wildman–Crippen LogP) is 2.46. The molecule has 0 saturated heterocycles. The van der Waals surface area contributed by atoms with Gasteiger partial charge in [-0.05, 0) is 13.3 Å². The molecule has 62 valence electrons. The Kier molecular flexibility index (Phi) is 1.45. The summed E-state index contributed by atoms with van der Waals surface area (Å²) in [5.41, 5.74) is -2.30. The summed E-state index contributed by atoms with van der Waals surface area (Å²) < 4.78 is 36.3. The molecule has 0 aliphatic heterocycles. The van der Waals surface area contributed by atoms with Gasteiger partial charge in [0.15, 0.2) is 5.41 Å². The number of nitrogens with zero attached hydrogens (tertiary/aromatic N) is 1. The van der Waals surface area contributed by atoms with Crippen LogP contribution < -0.4 is 0 Å². The van der Waals surface area contributed by atoms with Crippen molar-refractivity contribution in [3.05, 3.63) is 0 Å². The van der Waals surface area contributed by atoms with Crippen molar-refractivity contribution in [3.63, 3.8) is 0 Å². The number of nitriles is 1. The lowest BCUT2D eigenvalue weighted by atomic mass is 10.1. The molecule has 1 nitrogen and oxygen atoms in total. The van der Waals surface area contributed by atoms with Crippen molar-refractivity contribution in [2.24, 2.45) is 5.41 Å². The molecule has 2 atom stereocenters. The highest BCUT2D eigenvalue weighted by atomic mass is 35.5. The molecule has 1 fully saturated rings. The summed E-state index contributed by atoms with van der Waals surface area (Å²) in [5, 5.41) is 8.27. The highest BCUT2D eigenvalue weighted by Gasteiger charge is 2.78. The molecule has 5 heteroatoms. The molecule has 0 aromatic heterocycles. The van der Waals surface area contributed by atoms with E-state index in [4.69, 9.17) is 16.9 Å². The van der Waals surface area contributed by atoms with Crippen LogP contribution in [0.1, 0.15) is 13.3 Å². The second-order valence-electron chi connectivity index (χ2n) is 2.89. The maximum atomic E-state index is 12.1. The second kappa shape index (κ2) is 1.84. The standard InChI is InChI=1S/C6H5ClF3N/c1-4(7)2-5(4,3-11)6(8,9)10/h2H2,1H3. The van der Waals surface area contributed by atoms with Crippen LogP contribution in [-0.4, -0.2) is 11.1 Å². The van der Waals surface area contributed by atoms with Gasteiger partial charge in [0.05, 0.1) is 10.9 Å². The Morgan fingerprint density at radius 1 is 1.55 bits per heavy atom. The largest absolute Gasteiger partial charge is 0.408 e. The molecule has 1 aliphatic rings. The number of hydrogen-bond donors (Lipinski definition) is 0. The topological polar surface area (TPSA) is 23.8 Å². The van der Waals surface area contributed by atoms with E-state index in [1.54, 1.807) is 0 Å². The Balaban J connectivity index is 2.96. The molecule has 2 unspecified atom stereocenters. The van der Waals surface area contributed by atoms with Gasteiger partial charge in [-0.2, -0.15) is 18.4 Å². The minimum atomic E-state index is -4.50. The molecule has 0 aromatic rings. The maximum absolute atomic E-state index is 12.1. The minimum Gasteiger partial charge on any atom is -0.197 e. The van der Waals surface area contributed by atoms with E-state index in [0.29, 0.717) is 0 Å². The van der Waals surface area contributed by atoms with Crippen LogP contribution in [0.4, 0.5) is 13.2 Å². The van der Waals surface area contributed by atoms with E-state index in [0.717, 1.165) is 0 Å². The van der Waals surface area contributed by atoms with Gasteiger partial charge in [-0.3, -0.25) is 0 Å². The fraction of sp³-hybridized carbons (Fsp3) is 0.833. The van der Waals surface area contributed by atoms with Gasteiger partial charge in [0, 0.05) is 0 Å². The first-order valence-electron chi connectivity index (χ1n) is 2.94. The fourth-order valence-corrected chi connectivity index (χ4v) is 1.42. The third-order valence-electron chi connectivity index (χ3n) is 2.04. The number of halogens is 4. The molecule has 0 spiro atoms. The van der Waals surface area contributed by atoms with Crippen molar-refractivity contribution in [3.8, 4) is 6.07 Å². The highest BCUT2D eigenvalue weighted by Crippen LogP contribution is 2.68. The van der Waals surface area contributed by atoms with E-state index in [9.17, 15) is 13.2 Å². The Morgan fingerprint density at radius 3 is 1.91 bits per heavy atom. The highest BCUT2D eigenvalue weighted by molar-refractivity contribution is 6.27. The summed E-state index contributed by atoms with van der Waals surface area (Å²) in [6.07, 6.45) is -4.81. The Hall–Kier alpha value is -0.430. The first-order valence-corrected chi connectivity index (χ1v) is 3.31. The van der Waals surface area contributed by atoms with Gasteiger partial charge in [-0.1, -0.05) is 0 Å². The van der Waals surface area contributed by atoms with E-state index >= 15 is 0 Å². The van der Waals surface area contributed by atoms with Crippen molar-refractivity contribution in [2.45, 2.75) is 24.4 Å². The SMILES string of the molecule is CC1(Cl)CC1(C#N)C(F)(F)F. The van der Waals surface area contributed by atoms with Crippen molar-refractivity contribution in [2.75, 3.05) is 0 Å². The molecule has 0 radical (unpaired) electrons. The summed E-state index contributed by atoms with van der Waals surface area (Å²) in [6.45, 7) is 1.23. The average Bonchev–Trinajstić information content (AvgIpc) is 2.33. The van der Waals surface area contributed by atoms with Gasteiger partial charge in [0.2, 0.25) is 0 Å². The minimum absolute atomic E-state index is 0.304. The molecule has 1 aliphatic carbocycles. The quantitative estimate of drug-likeness (QED) is 0.530. The van der Waals surface area contributed by atoms with Crippen LogP contribution in [0.15, 0.2) is 0 Å². The summed E-state index contributed by atoms with van der Waals surface area (Å²) in [7, 11) is 0. The summed E-state index contributed by atoms with van der Waals surface area (Å²) in [4.78, 5) is -1.42. The first kappa shape index (κ1) is 8.66. The predicted molar refractivity (Wildman–Crippen MR) is 33.0 cm³/mol. The van der Waals surface area contributed by atoms with Crippen LogP contribution in [-0.2, 0) is 0 Å². The van der Waals surface area contributed by atoms with Crippen LogP contribution >= 0.6 is 11.6 Å². The number of alkyl halides is 4. The number of hydrogen-bond acceptors (Lipinski definition) is 1. The molecule has 0 aromatic carbocycles. The molecule has 11 heavy (non-hydrogen) atoms. The Labute approximate surface area is 66.8 Å². The van der Waals surface area contributed by atoms with Gasteiger partial charge in [0.25, 0.3) is 0 Å². The third kappa shape index (κ3) is 0.908. The van der Waals surface area contributed by atoms with E-state index in [1.165, 1.54) is 13.0 Å². The van der Waals surface area contributed by atoms with Crippen molar-refractivity contribution in [1.82, 2.24) is 0 Å². The molecule has 1 rings (SSSR count). The lowest BCUT2D eigenvalue weighted by Crippen LogP contribution is -2.28. The van der Waals surface area contributed by atoms with Crippen LogP contribution in [0, 0.1) is 16.7 Å². The van der Waals surface area contributed by atoms with Crippen molar-refractivity contribution >= 4 is 11.6 Å². The van der Waals surface area contributed by atoms with Gasteiger partial charge in [-0.15, -0.1) is 11.6 Å². The van der Waals surface area contributed by atoms with Gasteiger partial charge in [-0.25, -0.2) is 0 Å². The average molecular weight is 184 g/mol. The monoisotopic (exact) mass is 183 g/mol. The lowest BCUT2D eigenvalue weighted by Gasteiger charge is -2.13. The first-order chi connectivity index (χ1) is 4.77.